The van der Waals surface area contributed by atoms with E-state index in [1.165, 1.54) is 0 Å². The average Bonchev–Trinajstić information content (AvgIpc) is 1.80. The second-order valence-corrected chi connectivity index (χ2v) is 2.13. The summed E-state index contributed by atoms with van der Waals surface area (Å²) in [5, 5.41) is 2.60. The Morgan fingerprint density at radius 1 is 1.33 bits per heavy atom. The third-order valence-corrected chi connectivity index (χ3v) is 1.37. The normalized spacial score (nSPS) is 19.8. The lowest BCUT2D eigenvalue weighted by Gasteiger charge is -2.15. The molecule has 0 aliphatic carbocycles. The molecule has 0 spiro atoms. The molecule has 1 N–H and O–H groups in total. The summed E-state index contributed by atoms with van der Waals surface area (Å²) in [5.41, 5.74) is 1.61. The third-order valence-electron chi connectivity index (χ3n) is 1.37. The number of piperidine rings is 1. The Balaban J connectivity index is 2.64. The van der Waals surface area contributed by atoms with Gasteiger partial charge in [-0.25, -0.2) is 0 Å². The van der Waals surface area contributed by atoms with Crippen LogP contribution in [-0.4, -0.2) is 5.91 Å². The molecule has 0 aromatic heterocycles. The van der Waals surface area contributed by atoms with E-state index in [4.69, 9.17) is 0 Å². The molecule has 0 atom stereocenters. The number of allylic oxidation sites excluding steroid dienone is 1. The molecule has 1 rings (SSSR count). The van der Waals surface area contributed by atoms with E-state index in [1.54, 1.807) is 0 Å². The van der Waals surface area contributed by atoms with Gasteiger partial charge in [0.1, 0.15) is 0 Å². The van der Waals surface area contributed by atoms with Crippen molar-refractivity contribution in [1.82, 2.24) is 5.32 Å². The molecule has 9 heavy (non-hydrogen) atoms. The van der Waals surface area contributed by atoms with Crippen molar-refractivity contribution >= 4 is 5.91 Å². The van der Waals surface area contributed by atoms with Gasteiger partial charge in [0.05, 0.1) is 0 Å². The van der Waals surface area contributed by atoms with Crippen LogP contribution in [0, 0.1) is 0 Å². The maximum atomic E-state index is 10.6. The van der Waals surface area contributed by atoms with Crippen molar-refractivity contribution in [2.45, 2.75) is 12.8 Å². The smallest absolute Gasteiger partial charge is 0.224 e. The average molecular weight is 123 g/mol. The minimum absolute atomic E-state index is 0.0485. The summed E-state index contributed by atoms with van der Waals surface area (Å²) in [6.45, 7) is 7.33. The molecule has 1 fully saturated rings. The summed E-state index contributed by atoms with van der Waals surface area (Å²) in [7, 11) is 0. The van der Waals surface area contributed by atoms with Crippen molar-refractivity contribution in [3.05, 3.63) is 24.4 Å². The Morgan fingerprint density at radius 3 is 2.44 bits per heavy atom. The van der Waals surface area contributed by atoms with Crippen molar-refractivity contribution in [2.24, 2.45) is 0 Å². The first-order valence-corrected chi connectivity index (χ1v) is 2.87. The van der Waals surface area contributed by atoms with E-state index in [9.17, 15) is 4.79 Å². The topological polar surface area (TPSA) is 29.1 Å². The molecule has 48 valence electrons. The molecule has 2 heteroatoms. The molecule has 1 saturated heterocycles. The van der Waals surface area contributed by atoms with Crippen molar-refractivity contribution in [3.8, 4) is 0 Å². The fraction of sp³-hybridized carbons (Fsp3) is 0.286. The minimum atomic E-state index is 0.0485. The summed E-state index contributed by atoms with van der Waals surface area (Å²) in [6.07, 6.45) is 1.31. The second kappa shape index (κ2) is 2.05. The van der Waals surface area contributed by atoms with Crippen LogP contribution in [0.1, 0.15) is 12.8 Å². The van der Waals surface area contributed by atoms with Crippen LogP contribution in [-0.2, 0) is 4.79 Å². The number of hydrogen-bond donors (Lipinski definition) is 1. The number of carbonyl (C=O) groups excluding carboxylic acids is 1. The lowest BCUT2D eigenvalue weighted by molar-refractivity contribution is -0.120. The van der Waals surface area contributed by atoms with E-state index < -0.39 is 0 Å². The van der Waals surface area contributed by atoms with Crippen LogP contribution >= 0.6 is 0 Å². The molecule has 1 heterocycles. The van der Waals surface area contributed by atoms with Gasteiger partial charge in [-0.15, -0.1) is 0 Å². The molecule has 0 bridgehead atoms. The second-order valence-electron chi connectivity index (χ2n) is 2.13. The Bertz CT molecular complexity index is 181. The first-order valence-electron chi connectivity index (χ1n) is 2.87. The predicted octanol–water partition coefficient (Wildman–Crippen LogP) is 0.966. The summed E-state index contributed by atoms with van der Waals surface area (Å²) in [5.74, 6) is 0.0485. The van der Waals surface area contributed by atoms with Crippen LogP contribution in [0.2, 0.25) is 0 Å². The van der Waals surface area contributed by atoms with Crippen molar-refractivity contribution < 1.29 is 4.79 Å². The van der Waals surface area contributed by atoms with Crippen LogP contribution < -0.4 is 5.32 Å². The molecule has 0 aromatic rings. The molecule has 2 nitrogen and oxygen atoms in total. The van der Waals surface area contributed by atoms with E-state index in [2.05, 4.69) is 18.5 Å². The SMILES string of the molecule is C=C1CCC(=O)NC1=C. The Kier molecular flexibility index (Phi) is 1.39. The van der Waals surface area contributed by atoms with Crippen molar-refractivity contribution in [3.63, 3.8) is 0 Å². The van der Waals surface area contributed by atoms with Gasteiger partial charge in [0.15, 0.2) is 0 Å². The first-order chi connectivity index (χ1) is 4.20. The van der Waals surface area contributed by atoms with Crippen LogP contribution in [0.5, 0.6) is 0 Å². The molecular formula is C7H9NO. The zero-order valence-electron chi connectivity index (χ0n) is 5.24. The Hall–Kier alpha value is -1.05. The van der Waals surface area contributed by atoms with Gasteiger partial charge >= 0.3 is 0 Å². The fourth-order valence-electron chi connectivity index (χ4n) is 0.734. The van der Waals surface area contributed by atoms with E-state index in [0.29, 0.717) is 12.1 Å². The quantitative estimate of drug-likeness (QED) is 0.511. The minimum Gasteiger partial charge on any atom is -0.326 e. The van der Waals surface area contributed by atoms with Crippen LogP contribution in [0.15, 0.2) is 24.4 Å². The Morgan fingerprint density at radius 2 is 2.00 bits per heavy atom. The number of carbonyl (C=O) groups is 1. The Labute approximate surface area is 54.3 Å². The maximum Gasteiger partial charge on any atom is 0.224 e. The monoisotopic (exact) mass is 123 g/mol. The zero-order chi connectivity index (χ0) is 6.85. The fourth-order valence-corrected chi connectivity index (χ4v) is 0.734. The molecule has 1 aliphatic rings. The molecule has 0 radical (unpaired) electrons. The van der Waals surface area contributed by atoms with Gasteiger partial charge in [0.25, 0.3) is 0 Å². The maximum absolute atomic E-state index is 10.6. The summed E-state index contributed by atoms with van der Waals surface area (Å²) in [6, 6.07) is 0. The predicted molar refractivity (Wildman–Crippen MR) is 35.7 cm³/mol. The molecule has 0 saturated carbocycles. The number of rotatable bonds is 0. The van der Waals surface area contributed by atoms with Gasteiger partial charge in [0.2, 0.25) is 5.91 Å². The number of nitrogens with one attached hydrogen (secondary N) is 1. The van der Waals surface area contributed by atoms with E-state index >= 15 is 0 Å². The first kappa shape index (κ1) is 6.08. The number of hydrogen-bond acceptors (Lipinski definition) is 1. The highest BCUT2D eigenvalue weighted by atomic mass is 16.1. The molecule has 0 unspecified atom stereocenters. The zero-order valence-corrected chi connectivity index (χ0v) is 5.24. The molecule has 1 amide bonds. The third kappa shape index (κ3) is 1.19. The van der Waals surface area contributed by atoms with E-state index in [1.807, 2.05) is 0 Å². The molecule has 0 aromatic carbocycles. The van der Waals surface area contributed by atoms with E-state index in [-0.39, 0.29) is 5.91 Å². The summed E-state index contributed by atoms with van der Waals surface area (Å²) in [4.78, 5) is 10.6. The van der Waals surface area contributed by atoms with Gasteiger partial charge in [-0.05, 0) is 12.0 Å². The van der Waals surface area contributed by atoms with Gasteiger partial charge in [0, 0.05) is 12.1 Å². The van der Waals surface area contributed by atoms with E-state index in [0.717, 1.165) is 12.0 Å². The van der Waals surface area contributed by atoms with Gasteiger partial charge < -0.3 is 5.32 Å². The van der Waals surface area contributed by atoms with Crippen molar-refractivity contribution in [2.75, 3.05) is 0 Å². The highest BCUT2D eigenvalue weighted by Gasteiger charge is 2.12. The summed E-state index contributed by atoms with van der Waals surface area (Å²) < 4.78 is 0. The lowest BCUT2D eigenvalue weighted by atomic mass is 10.1. The summed E-state index contributed by atoms with van der Waals surface area (Å²) >= 11 is 0. The van der Waals surface area contributed by atoms with Gasteiger partial charge in [-0.2, -0.15) is 0 Å². The van der Waals surface area contributed by atoms with Crippen LogP contribution in [0.25, 0.3) is 0 Å². The molecular weight excluding hydrogens is 114 g/mol. The largest absolute Gasteiger partial charge is 0.326 e. The van der Waals surface area contributed by atoms with Crippen LogP contribution in [0.4, 0.5) is 0 Å². The van der Waals surface area contributed by atoms with Gasteiger partial charge in [-0.1, -0.05) is 13.2 Å². The van der Waals surface area contributed by atoms with Crippen LogP contribution in [0.3, 0.4) is 0 Å². The number of amides is 1. The lowest BCUT2D eigenvalue weighted by Crippen LogP contribution is -2.27. The van der Waals surface area contributed by atoms with Gasteiger partial charge in [-0.3, -0.25) is 4.79 Å². The van der Waals surface area contributed by atoms with Crippen molar-refractivity contribution in [1.29, 1.82) is 0 Å². The highest BCUT2D eigenvalue weighted by molar-refractivity contribution is 5.80. The highest BCUT2D eigenvalue weighted by Crippen LogP contribution is 2.14. The standard InChI is InChI=1S/C7H9NO/c1-5-3-4-7(9)8-6(5)2/h1-4H2,(H,8,9). The molecule has 1 aliphatic heterocycles.